The first-order chi connectivity index (χ1) is 5.92. The van der Waals surface area contributed by atoms with Crippen molar-refractivity contribution in [3.63, 3.8) is 0 Å². The Labute approximate surface area is 70.8 Å². The maximum absolute atomic E-state index is 10.5. The summed E-state index contributed by atoms with van der Waals surface area (Å²) < 4.78 is 0. The van der Waals surface area contributed by atoms with Crippen LogP contribution in [0.2, 0.25) is 0 Å². The van der Waals surface area contributed by atoms with Crippen molar-refractivity contribution in [2.24, 2.45) is 0 Å². The molecule has 1 N–H and O–H groups in total. The quantitative estimate of drug-likeness (QED) is 0.698. The van der Waals surface area contributed by atoms with E-state index in [0.717, 1.165) is 11.1 Å². The standard InChI is InChI=1S/C10H10NO/c12-7-5-8-2-1-3-10-9(8)4-6-11-10/h1-4,6,11H,5,7H2. The lowest BCUT2D eigenvalue weighted by molar-refractivity contribution is 0.197. The number of hydrogen-bond acceptors (Lipinski definition) is 0. The summed E-state index contributed by atoms with van der Waals surface area (Å²) in [6, 6.07) is 8.02. The first-order valence-corrected chi connectivity index (χ1v) is 4.05. The van der Waals surface area contributed by atoms with Gasteiger partial charge in [-0.1, -0.05) is 12.1 Å². The molecule has 2 nitrogen and oxygen atoms in total. The van der Waals surface area contributed by atoms with Crippen LogP contribution in [0.15, 0.2) is 30.5 Å². The summed E-state index contributed by atoms with van der Waals surface area (Å²) >= 11 is 0. The number of aromatic nitrogens is 1. The van der Waals surface area contributed by atoms with Gasteiger partial charge in [0.05, 0.1) is 6.61 Å². The lowest BCUT2D eigenvalue weighted by Crippen LogP contribution is -1.88. The van der Waals surface area contributed by atoms with Crippen LogP contribution in [0.1, 0.15) is 5.56 Å². The van der Waals surface area contributed by atoms with Crippen molar-refractivity contribution in [3.05, 3.63) is 36.0 Å². The van der Waals surface area contributed by atoms with E-state index in [1.807, 2.05) is 30.5 Å². The topological polar surface area (TPSA) is 35.7 Å². The minimum absolute atomic E-state index is 0.0374. The van der Waals surface area contributed by atoms with E-state index in [1.54, 1.807) is 0 Å². The predicted molar refractivity (Wildman–Crippen MR) is 47.6 cm³/mol. The van der Waals surface area contributed by atoms with E-state index in [0.29, 0.717) is 6.42 Å². The molecule has 2 rings (SSSR count). The molecule has 2 heteroatoms. The van der Waals surface area contributed by atoms with E-state index in [1.165, 1.54) is 5.39 Å². The van der Waals surface area contributed by atoms with Crippen molar-refractivity contribution < 1.29 is 5.11 Å². The first kappa shape index (κ1) is 7.37. The lowest BCUT2D eigenvalue weighted by Gasteiger charge is -1.98. The fourth-order valence-corrected chi connectivity index (χ4v) is 1.48. The highest BCUT2D eigenvalue weighted by Crippen LogP contribution is 2.17. The third-order valence-electron chi connectivity index (χ3n) is 2.06. The molecule has 0 aliphatic heterocycles. The van der Waals surface area contributed by atoms with Crippen molar-refractivity contribution in [2.75, 3.05) is 6.61 Å². The summed E-state index contributed by atoms with van der Waals surface area (Å²) in [4.78, 5) is 3.12. The molecule has 1 aromatic heterocycles. The second-order valence-electron chi connectivity index (χ2n) is 2.81. The van der Waals surface area contributed by atoms with Crippen molar-refractivity contribution in [1.29, 1.82) is 0 Å². The van der Waals surface area contributed by atoms with Gasteiger partial charge in [0.25, 0.3) is 0 Å². The maximum atomic E-state index is 10.5. The Morgan fingerprint density at radius 1 is 1.25 bits per heavy atom. The molecule has 0 spiro atoms. The van der Waals surface area contributed by atoms with Crippen molar-refractivity contribution >= 4 is 10.9 Å². The Morgan fingerprint density at radius 3 is 3.00 bits per heavy atom. The zero-order valence-corrected chi connectivity index (χ0v) is 6.71. The van der Waals surface area contributed by atoms with Gasteiger partial charge in [-0.25, -0.2) is 5.11 Å². The van der Waals surface area contributed by atoms with E-state index >= 15 is 0 Å². The van der Waals surface area contributed by atoms with Gasteiger partial charge in [-0.05, 0) is 24.1 Å². The normalized spacial score (nSPS) is 10.8. The van der Waals surface area contributed by atoms with Gasteiger partial charge in [-0.3, -0.25) is 0 Å². The summed E-state index contributed by atoms with van der Waals surface area (Å²) in [5, 5.41) is 11.6. The van der Waals surface area contributed by atoms with Gasteiger partial charge >= 0.3 is 0 Å². The fourth-order valence-electron chi connectivity index (χ4n) is 1.48. The molecule has 0 aliphatic rings. The lowest BCUT2D eigenvalue weighted by atomic mass is 10.1. The fraction of sp³-hybridized carbons (Fsp3) is 0.200. The Kier molecular flexibility index (Phi) is 1.84. The van der Waals surface area contributed by atoms with Crippen LogP contribution in [-0.4, -0.2) is 11.6 Å². The number of hydrogen-bond donors (Lipinski definition) is 1. The molecule has 0 aliphatic carbocycles. The van der Waals surface area contributed by atoms with Crippen LogP contribution in [0.25, 0.3) is 10.9 Å². The Morgan fingerprint density at radius 2 is 2.17 bits per heavy atom. The van der Waals surface area contributed by atoms with Crippen LogP contribution in [0.5, 0.6) is 0 Å². The van der Waals surface area contributed by atoms with E-state index in [9.17, 15) is 5.11 Å². The minimum Gasteiger partial charge on any atom is -0.361 e. The van der Waals surface area contributed by atoms with Gasteiger partial charge in [-0.2, -0.15) is 0 Å². The molecule has 1 heterocycles. The molecule has 12 heavy (non-hydrogen) atoms. The first-order valence-electron chi connectivity index (χ1n) is 4.05. The average molecular weight is 160 g/mol. The van der Waals surface area contributed by atoms with Crippen molar-refractivity contribution in [3.8, 4) is 0 Å². The molecule has 0 bridgehead atoms. The van der Waals surface area contributed by atoms with Crippen molar-refractivity contribution in [2.45, 2.75) is 6.42 Å². The summed E-state index contributed by atoms with van der Waals surface area (Å²) in [5.74, 6) is 0. The minimum atomic E-state index is -0.0374. The largest absolute Gasteiger partial charge is 0.361 e. The summed E-state index contributed by atoms with van der Waals surface area (Å²) in [5.41, 5.74) is 2.25. The third kappa shape index (κ3) is 1.10. The summed E-state index contributed by atoms with van der Waals surface area (Å²) in [6.45, 7) is -0.0374. The highest BCUT2D eigenvalue weighted by atomic mass is 16.2. The zero-order valence-electron chi connectivity index (χ0n) is 6.71. The highest BCUT2D eigenvalue weighted by molar-refractivity contribution is 5.82. The molecule has 0 saturated heterocycles. The van der Waals surface area contributed by atoms with Gasteiger partial charge in [0.1, 0.15) is 0 Å². The van der Waals surface area contributed by atoms with E-state index in [4.69, 9.17) is 0 Å². The molecular weight excluding hydrogens is 150 g/mol. The highest BCUT2D eigenvalue weighted by Gasteiger charge is 1.99. The smallest absolute Gasteiger partial charge is 0.0862 e. The number of H-pyrrole nitrogens is 1. The van der Waals surface area contributed by atoms with Gasteiger partial charge in [0, 0.05) is 17.1 Å². The predicted octanol–water partition coefficient (Wildman–Crippen LogP) is 2.14. The van der Waals surface area contributed by atoms with E-state index < -0.39 is 0 Å². The molecule has 0 fully saturated rings. The van der Waals surface area contributed by atoms with Crippen LogP contribution in [0.3, 0.4) is 0 Å². The molecular formula is C10H10NO. The third-order valence-corrected chi connectivity index (χ3v) is 2.06. The van der Waals surface area contributed by atoms with Gasteiger partial charge < -0.3 is 4.98 Å². The second-order valence-corrected chi connectivity index (χ2v) is 2.81. The van der Waals surface area contributed by atoms with Gasteiger partial charge in [0.15, 0.2) is 0 Å². The summed E-state index contributed by atoms with van der Waals surface area (Å²) in [6.07, 6.45) is 2.52. The van der Waals surface area contributed by atoms with Gasteiger partial charge in [0.2, 0.25) is 0 Å². The Hall–Kier alpha value is -1.28. The molecule has 61 valence electrons. The van der Waals surface area contributed by atoms with Crippen LogP contribution in [0.4, 0.5) is 0 Å². The zero-order chi connectivity index (χ0) is 8.39. The number of benzene rings is 1. The van der Waals surface area contributed by atoms with E-state index in [-0.39, 0.29) is 6.61 Å². The van der Waals surface area contributed by atoms with Crippen LogP contribution < -0.4 is 0 Å². The number of fused-ring (bicyclic) bond motifs is 1. The molecule has 0 saturated carbocycles. The SMILES string of the molecule is [O]CCc1cccc2[nH]ccc12. The molecule has 0 amide bonds. The monoisotopic (exact) mass is 160 g/mol. The Balaban J connectivity index is 2.57. The average Bonchev–Trinajstić information content (AvgIpc) is 2.53. The number of nitrogens with one attached hydrogen (secondary N) is 1. The summed E-state index contributed by atoms with van der Waals surface area (Å²) in [7, 11) is 0. The molecule has 0 unspecified atom stereocenters. The molecule has 1 radical (unpaired) electrons. The number of rotatable bonds is 2. The molecule has 2 aromatic rings. The van der Waals surface area contributed by atoms with Crippen LogP contribution >= 0.6 is 0 Å². The maximum Gasteiger partial charge on any atom is 0.0862 e. The Bertz CT molecular complexity index is 378. The molecule has 0 atom stereocenters. The van der Waals surface area contributed by atoms with Crippen LogP contribution in [-0.2, 0) is 11.5 Å². The van der Waals surface area contributed by atoms with Crippen molar-refractivity contribution in [1.82, 2.24) is 4.98 Å². The second kappa shape index (κ2) is 2.99. The number of aromatic amines is 1. The van der Waals surface area contributed by atoms with Crippen LogP contribution in [0, 0.1) is 0 Å². The molecule has 1 aromatic carbocycles. The van der Waals surface area contributed by atoms with E-state index in [2.05, 4.69) is 4.98 Å². The van der Waals surface area contributed by atoms with Gasteiger partial charge in [-0.15, -0.1) is 0 Å².